The Morgan fingerprint density at radius 2 is 2.12 bits per heavy atom. The minimum Gasteiger partial charge on any atom is -0.480 e. The number of rotatable bonds is 3. The number of benzene rings is 1. The van der Waals surface area contributed by atoms with Gasteiger partial charge in [0.25, 0.3) is 5.69 Å². The molecule has 0 bridgehead atoms. The van der Waals surface area contributed by atoms with Crippen LogP contribution in [0.5, 0.6) is 0 Å². The lowest BCUT2D eigenvalue weighted by Crippen LogP contribution is -2.08. The van der Waals surface area contributed by atoms with Crippen LogP contribution in [-0.4, -0.2) is 25.6 Å². The fourth-order valence-electron chi connectivity index (χ4n) is 3.33. The highest BCUT2D eigenvalue weighted by molar-refractivity contribution is 7.26. The summed E-state index contributed by atoms with van der Waals surface area (Å²) in [5.41, 5.74) is 3.19. The Morgan fingerprint density at radius 3 is 2.80 bits per heavy atom. The van der Waals surface area contributed by atoms with Gasteiger partial charge in [-0.15, -0.1) is 11.3 Å². The van der Waals surface area contributed by atoms with Gasteiger partial charge in [0.05, 0.1) is 20.7 Å². The standard InChI is InChI=1S/C17H13N3O4S/c1-8-5-9(2)18-17-14(8)15-16(25-17)11-4-3-10(20(23)24)6-12(11)19(15)7-13(21)22/h3-6H,7H2,1-2H3,(H,21,22). The first-order valence-corrected chi connectivity index (χ1v) is 8.37. The molecule has 0 unspecified atom stereocenters. The number of fused-ring (bicyclic) bond motifs is 5. The maximum atomic E-state index is 11.4. The number of carbonyl (C=O) groups is 1. The van der Waals surface area contributed by atoms with Crippen LogP contribution in [0.2, 0.25) is 0 Å². The van der Waals surface area contributed by atoms with Gasteiger partial charge in [0.15, 0.2) is 0 Å². The number of aliphatic carboxylic acids is 1. The van der Waals surface area contributed by atoms with E-state index in [1.54, 1.807) is 10.6 Å². The van der Waals surface area contributed by atoms with E-state index in [4.69, 9.17) is 0 Å². The third-order valence-corrected chi connectivity index (χ3v) is 5.36. The van der Waals surface area contributed by atoms with Crippen molar-refractivity contribution in [3.05, 3.63) is 45.6 Å². The van der Waals surface area contributed by atoms with Crippen LogP contribution < -0.4 is 0 Å². The highest BCUT2D eigenvalue weighted by Crippen LogP contribution is 2.42. The number of non-ortho nitro benzene ring substituents is 1. The maximum absolute atomic E-state index is 11.4. The molecule has 4 aromatic rings. The van der Waals surface area contributed by atoms with E-state index < -0.39 is 10.9 Å². The van der Waals surface area contributed by atoms with Gasteiger partial charge in [0, 0.05) is 28.6 Å². The lowest BCUT2D eigenvalue weighted by molar-refractivity contribution is -0.384. The lowest BCUT2D eigenvalue weighted by atomic mass is 10.1. The van der Waals surface area contributed by atoms with Crippen molar-refractivity contribution in [3.8, 4) is 0 Å². The monoisotopic (exact) mass is 355 g/mol. The van der Waals surface area contributed by atoms with Crippen LogP contribution in [0.25, 0.3) is 31.3 Å². The van der Waals surface area contributed by atoms with Gasteiger partial charge in [-0.2, -0.15) is 0 Å². The van der Waals surface area contributed by atoms with Gasteiger partial charge in [0.2, 0.25) is 0 Å². The number of nitrogens with zero attached hydrogens (tertiary/aromatic N) is 3. The molecule has 3 aromatic heterocycles. The second-order valence-electron chi connectivity index (χ2n) is 5.98. The van der Waals surface area contributed by atoms with E-state index in [1.165, 1.54) is 23.5 Å². The average molecular weight is 355 g/mol. The highest BCUT2D eigenvalue weighted by atomic mass is 32.1. The zero-order valence-electron chi connectivity index (χ0n) is 13.4. The zero-order chi connectivity index (χ0) is 17.9. The molecule has 0 aliphatic heterocycles. The fraction of sp³-hybridized carbons (Fsp3) is 0.176. The van der Waals surface area contributed by atoms with Gasteiger partial charge in [0.1, 0.15) is 11.4 Å². The number of nitro benzene ring substituents is 1. The molecule has 0 radical (unpaired) electrons. The predicted octanol–water partition coefficient (Wildman–Crippen LogP) is 4.01. The van der Waals surface area contributed by atoms with Gasteiger partial charge in [-0.1, -0.05) is 0 Å². The molecule has 0 spiro atoms. The number of hydrogen-bond acceptors (Lipinski definition) is 5. The van der Waals surface area contributed by atoms with Crippen molar-refractivity contribution >= 4 is 54.3 Å². The summed E-state index contributed by atoms with van der Waals surface area (Å²) in [4.78, 5) is 27.5. The van der Waals surface area contributed by atoms with E-state index in [9.17, 15) is 20.0 Å². The number of aryl methyl sites for hydroxylation is 2. The second-order valence-corrected chi connectivity index (χ2v) is 6.98. The molecule has 1 N–H and O–H groups in total. The van der Waals surface area contributed by atoms with Crippen LogP contribution in [0.4, 0.5) is 5.69 Å². The minimum atomic E-state index is -0.998. The summed E-state index contributed by atoms with van der Waals surface area (Å²) in [5, 5.41) is 22.2. The predicted molar refractivity (Wildman–Crippen MR) is 96.4 cm³/mol. The van der Waals surface area contributed by atoms with Crippen molar-refractivity contribution in [1.82, 2.24) is 9.55 Å². The third kappa shape index (κ3) is 2.25. The van der Waals surface area contributed by atoms with Crippen molar-refractivity contribution in [2.24, 2.45) is 0 Å². The van der Waals surface area contributed by atoms with E-state index in [0.717, 1.165) is 37.1 Å². The van der Waals surface area contributed by atoms with E-state index in [0.29, 0.717) is 5.52 Å². The van der Waals surface area contributed by atoms with Crippen molar-refractivity contribution in [1.29, 1.82) is 0 Å². The molecule has 0 atom stereocenters. The van der Waals surface area contributed by atoms with Gasteiger partial charge in [-0.25, -0.2) is 4.98 Å². The number of carboxylic acids is 1. The molecule has 0 aliphatic carbocycles. The number of thiophene rings is 1. The quantitative estimate of drug-likeness (QED) is 0.442. The molecular formula is C17H13N3O4S. The van der Waals surface area contributed by atoms with Crippen LogP contribution in [0, 0.1) is 24.0 Å². The van der Waals surface area contributed by atoms with Crippen LogP contribution >= 0.6 is 11.3 Å². The molecule has 0 saturated carbocycles. The van der Waals surface area contributed by atoms with Gasteiger partial charge < -0.3 is 9.67 Å². The summed E-state index contributed by atoms with van der Waals surface area (Å²) in [6.45, 7) is 3.62. The Morgan fingerprint density at radius 1 is 1.36 bits per heavy atom. The Labute approximate surface area is 145 Å². The summed E-state index contributed by atoms with van der Waals surface area (Å²) in [7, 11) is 0. The summed E-state index contributed by atoms with van der Waals surface area (Å²) in [5.74, 6) is -0.998. The van der Waals surface area contributed by atoms with Crippen LogP contribution in [0.3, 0.4) is 0 Å². The Kier molecular flexibility index (Phi) is 3.26. The molecule has 0 saturated heterocycles. The van der Waals surface area contributed by atoms with Crippen molar-refractivity contribution < 1.29 is 14.8 Å². The number of nitro groups is 1. The minimum absolute atomic E-state index is 0.0562. The van der Waals surface area contributed by atoms with E-state index in [1.807, 2.05) is 19.9 Å². The topological polar surface area (TPSA) is 98.3 Å². The van der Waals surface area contributed by atoms with E-state index in [2.05, 4.69) is 4.98 Å². The first kappa shape index (κ1) is 15.5. The van der Waals surface area contributed by atoms with Crippen LogP contribution in [-0.2, 0) is 11.3 Å². The molecule has 0 aliphatic rings. The van der Waals surface area contributed by atoms with E-state index in [-0.39, 0.29) is 12.2 Å². The Hall–Kier alpha value is -3.00. The SMILES string of the molecule is Cc1cc(C)c2c(n1)sc1c3ccc([N+](=O)[O-])cc3n(CC(=O)O)c12. The van der Waals surface area contributed by atoms with Crippen LogP contribution in [0.1, 0.15) is 11.3 Å². The van der Waals surface area contributed by atoms with Gasteiger partial charge in [-0.05, 0) is 31.5 Å². The smallest absolute Gasteiger partial charge is 0.323 e. The number of hydrogen-bond donors (Lipinski definition) is 1. The Balaban J connectivity index is 2.22. The van der Waals surface area contributed by atoms with Gasteiger partial charge in [-0.3, -0.25) is 14.9 Å². The normalized spacial score (nSPS) is 11.6. The summed E-state index contributed by atoms with van der Waals surface area (Å²) in [6, 6.07) is 6.53. The second kappa shape index (κ2) is 5.25. The number of carboxylic acid groups (broad SMARTS) is 1. The first-order chi connectivity index (χ1) is 11.9. The molecule has 8 heteroatoms. The third-order valence-electron chi connectivity index (χ3n) is 4.25. The van der Waals surface area contributed by atoms with Crippen molar-refractivity contribution in [2.45, 2.75) is 20.4 Å². The molecule has 0 fully saturated rings. The zero-order valence-corrected chi connectivity index (χ0v) is 14.3. The fourth-order valence-corrected chi connectivity index (χ4v) is 4.67. The van der Waals surface area contributed by atoms with Crippen molar-refractivity contribution in [3.63, 3.8) is 0 Å². The summed E-state index contributed by atoms with van der Waals surface area (Å²) >= 11 is 1.49. The first-order valence-electron chi connectivity index (χ1n) is 7.55. The molecule has 0 amide bonds. The number of pyridine rings is 1. The molecule has 25 heavy (non-hydrogen) atoms. The number of aromatic nitrogens is 2. The lowest BCUT2D eigenvalue weighted by Gasteiger charge is -2.05. The van der Waals surface area contributed by atoms with Crippen LogP contribution in [0.15, 0.2) is 24.3 Å². The maximum Gasteiger partial charge on any atom is 0.323 e. The largest absolute Gasteiger partial charge is 0.480 e. The van der Waals surface area contributed by atoms with Gasteiger partial charge >= 0.3 is 5.97 Å². The molecule has 7 nitrogen and oxygen atoms in total. The molecule has 126 valence electrons. The Bertz CT molecular complexity index is 1210. The molecule has 3 heterocycles. The summed E-state index contributed by atoms with van der Waals surface area (Å²) < 4.78 is 2.55. The average Bonchev–Trinajstić information content (AvgIpc) is 3.02. The highest BCUT2D eigenvalue weighted by Gasteiger charge is 2.21. The molecule has 1 aromatic carbocycles. The summed E-state index contributed by atoms with van der Waals surface area (Å²) in [6.07, 6.45) is 0. The van der Waals surface area contributed by atoms with E-state index >= 15 is 0 Å². The van der Waals surface area contributed by atoms with Crippen molar-refractivity contribution in [2.75, 3.05) is 0 Å². The molecular weight excluding hydrogens is 342 g/mol. The molecule has 4 rings (SSSR count).